The smallest absolute Gasteiger partial charge is 0.241 e. The summed E-state index contributed by atoms with van der Waals surface area (Å²) in [5.74, 6) is 0. The number of hydrogen-bond donors (Lipinski definition) is 1. The summed E-state index contributed by atoms with van der Waals surface area (Å²) in [4.78, 5) is 0.828. The first-order valence-corrected chi connectivity index (χ1v) is 12.4. The van der Waals surface area contributed by atoms with Crippen LogP contribution in [0.4, 0.5) is 0 Å². The maximum atomic E-state index is 13.2. The second-order valence-corrected chi connectivity index (χ2v) is 12.1. The van der Waals surface area contributed by atoms with Gasteiger partial charge in [-0.15, -0.1) is 0 Å². The van der Waals surface area contributed by atoms with Gasteiger partial charge in [0.1, 0.15) is 0 Å². The molecule has 0 heterocycles. The highest BCUT2D eigenvalue weighted by Crippen LogP contribution is 2.32. The van der Waals surface area contributed by atoms with Gasteiger partial charge in [0.25, 0.3) is 0 Å². The maximum Gasteiger partial charge on any atom is 0.241 e. The molecule has 3 aromatic rings. The van der Waals surface area contributed by atoms with Crippen molar-refractivity contribution in [1.82, 2.24) is 4.72 Å². The average Bonchev–Trinajstić information content (AvgIpc) is 2.72. The molecule has 0 aliphatic heterocycles. The van der Waals surface area contributed by atoms with E-state index < -0.39 is 31.6 Å². The van der Waals surface area contributed by atoms with Crippen LogP contribution < -0.4 is 4.72 Å². The molecule has 0 aliphatic carbocycles. The predicted octanol–water partition coefficient (Wildman–Crippen LogP) is 4.97. The average molecular weight is 442 g/mol. The predicted molar refractivity (Wildman–Crippen MR) is 122 cm³/mol. The summed E-state index contributed by atoms with van der Waals surface area (Å²) < 4.78 is 42.0. The fourth-order valence-corrected chi connectivity index (χ4v) is 5.58. The van der Waals surface area contributed by atoms with Crippen molar-refractivity contribution in [3.05, 3.63) is 95.6 Å². The van der Waals surface area contributed by atoms with Gasteiger partial charge in [0, 0.05) is 9.64 Å². The highest BCUT2D eigenvalue weighted by atomic mass is 32.2. The van der Waals surface area contributed by atoms with Crippen LogP contribution in [-0.4, -0.2) is 17.4 Å². The first-order valence-electron chi connectivity index (χ1n) is 9.74. The summed E-state index contributed by atoms with van der Waals surface area (Å²) in [5, 5.41) is 0. The molecule has 0 saturated carbocycles. The normalized spacial score (nSPS) is 14.3. The monoisotopic (exact) mass is 441 g/mol. The zero-order chi connectivity index (χ0) is 21.9. The van der Waals surface area contributed by atoms with Crippen molar-refractivity contribution >= 4 is 20.8 Å². The third-order valence-electron chi connectivity index (χ3n) is 4.72. The van der Waals surface area contributed by atoms with Crippen LogP contribution >= 0.6 is 0 Å². The molecular formula is C24H27NO3S2. The van der Waals surface area contributed by atoms with E-state index in [0.29, 0.717) is 10.5 Å². The summed E-state index contributed by atoms with van der Waals surface area (Å²) in [6.07, 6.45) is 0. The zero-order valence-electron chi connectivity index (χ0n) is 17.6. The minimum Gasteiger partial charge on any atom is -0.254 e. The van der Waals surface area contributed by atoms with E-state index in [1.807, 2.05) is 82.3 Å². The van der Waals surface area contributed by atoms with Crippen molar-refractivity contribution in [3.63, 3.8) is 0 Å². The first kappa shape index (κ1) is 22.4. The molecule has 30 heavy (non-hydrogen) atoms. The van der Waals surface area contributed by atoms with Gasteiger partial charge in [-0.1, -0.05) is 66.2 Å². The topological polar surface area (TPSA) is 63.2 Å². The number of rotatable bonds is 6. The summed E-state index contributed by atoms with van der Waals surface area (Å²) in [6, 6.07) is 22.8. The Morgan fingerprint density at radius 3 is 2.00 bits per heavy atom. The van der Waals surface area contributed by atoms with Crippen LogP contribution in [0, 0.1) is 6.92 Å². The molecular weight excluding hydrogens is 414 g/mol. The van der Waals surface area contributed by atoms with Crippen LogP contribution in [0.3, 0.4) is 0 Å². The summed E-state index contributed by atoms with van der Waals surface area (Å²) in [7, 11) is -5.12. The molecule has 0 spiro atoms. The quantitative estimate of drug-likeness (QED) is 0.587. The molecule has 3 rings (SSSR count). The maximum absolute atomic E-state index is 13.2. The Bertz CT molecular complexity index is 1130. The molecule has 0 amide bonds. The molecule has 158 valence electrons. The van der Waals surface area contributed by atoms with Crippen LogP contribution in [0.1, 0.15) is 43.5 Å². The van der Waals surface area contributed by atoms with E-state index in [1.54, 1.807) is 24.3 Å². The number of nitrogens with one attached hydrogen (secondary N) is 1. The Morgan fingerprint density at radius 2 is 1.40 bits per heavy atom. The fraction of sp³-hybridized carbons (Fsp3) is 0.250. The standard InChI is InChI=1S/C24H27NO3S2/c1-18-14-16-20(17-15-18)30(27,28)25-23(19-10-6-5-7-11-19)21-12-8-9-13-22(21)29(26)24(2,3)4/h5-17,23,25H,1-4H3/t23-,29?/m0/s1. The minimum absolute atomic E-state index is 0.198. The summed E-state index contributed by atoms with van der Waals surface area (Å²) in [6.45, 7) is 7.64. The lowest BCUT2D eigenvalue weighted by atomic mass is 10.00. The summed E-state index contributed by atoms with van der Waals surface area (Å²) >= 11 is 0. The Hall–Kier alpha value is -2.28. The van der Waals surface area contributed by atoms with Gasteiger partial charge in [0.2, 0.25) is 10.0 Å². The van der Waals surface area contributed by atoms with Crippen molar-refractivity contribution in [2.24, 2.45) is 0 Å². The SMILES string of the molecule is Cc1ccc(S(=O)(=O)N[C@@H](c2ccccc2)c2ccccc2S(=O)C(C)(C)C)cc1. The van der Waals surface area contributed by atoms with Crippen LogP contribution in [0.25, 0.3) is 0 Å². The van der Waals surface area contributed by atoms with Crippen molar-refractivity contribution < 1.29 is 12.6 Å². The van der Waals surface area contributed by atoms with Crippen molar-refractivity contribution in [1.29, 1.82) is 0 Å². The Morgan fingerprint density at radius 1 is 0.833 bits per heavy atom. The van der Waals surface area contributed by atoms with Gasteiger partial charge >= 0.3 is 0 Å². The molecule has 0 radical (unpaired) electrons. The molecule has 6 heteroatoms. The fourth-order valence-electron chi connectivity index (χ4n) is 3.11. The lowest BCUT2D eigenvalue weighted by Crippen LogP contribution is -2.31. The zero-order valence-corrected chi connectivity index (χ0v) is 19.3. The van der Waals surface area contributed by atoms with E-state index in [0.717, 1.165) is 11.1 Å². The second-order valence-electron chi connectivity index (χ2n) is 8.20. The molecule has 1 N–H and O–H groups in total. The molecule has 2 atom stereocenters. The molecule has 0 bridgehead atoms. The Kier molecular flexibility index (Phi) is 6.60. The highest BCUT2D eigenvalue weighted by Gasteiger charge is 2.29. The van der Waals surface area contributed by atoms with E-state index in [4.69, 9.17) is 0 Å². The van der Waals surface area contributed by atoms with E-state index in [2.05, 4.69) is 4.72 Å². The van der Waals surface area contributed by atoms with Gasteiger partial charge in [-0.2, -0.15) is 4.72 Å². The van der Waals surface area contributed by atoms with Crippen LogP contribution in [0.2, 0.25) is 0 Å². The molecule has 0 aliphatic rings. The lowest BCUT2D eigenvalue weighted by molar-refractivity contribution is 0.570. The van der Waals surface area contributed by atoms with E-state index in [-0.39, 0.29) is 4.90 Å². The lowest BCUT2D eigenvalue weighted by Gasteiger charge is -2.25. The van der Waals surface area contributed by atoms with Gasteiger partial charge in [-0.05, 0) is 57.0 Å². The molecule has 0 saturated heterocycles. The Labute approximate surface area is 181 Å². The summed E-state index contributed by atoms with van der Waals surface area (Å²) in [5.41, 5.74) is 2.46. The molecule has 4 nitrogen and oxygen atoms in total. The number of benzene rings is 3. The highest BCUT2D eigenvalue weighted by molar-refractivity contribution is 7.89. The molecule has 1 unspecified atom stereocenters. The van der Waals surface area contributed by atoms with Gasteiger partial charge in [0.05, 0.1) is 21.7 Å². The third kappa shape index (κ3) is 5.06. The number of hydrogen-bond acceptors (Lipinski definition) is 3. The number of sulfonamides is 1. The largest absolute Gasteiger partial charge is 0.254 e. The Balaban J connectivity index is 2.13. The first-order chi connectivity index (χ1) is 14.1. The van der Waals surface area contributed by atoms with Gasteiger partial charge < -0.3 is 0 Å². The third-order valence-corrected chi connectivity index (χ3v) is 8.05. The molecule has 0 aromatic heterocycles. The molecule has 0 fully saturated rings. The van der Waals surface area contributed by atoms with E-state index in [1.165, 1.54) is 0 Å². The van der Waals surface area contributed by atoms with Crippen molar-refractivity contribution in [3.8, 4) is 0 Å². The minimum atomic E-state index is -3.80. The molecule has 3 aromatic carbocycles. The van der Waals surface area contributed by atoms with Crippen molar-refractivity contribution in [2.75, 3.05) is 0 Å². The second kappa shape index (κ2) is 8.84. The van der Waals surface area contributed by atoms with Crippen LogP contribution in [0.5, 0.6) is 0 Å². The van der Waals surface area contributed by atoms with Crippen molar-refractivity contribution in [2.45, 2.75) is 48.3 Å². The van der Waals surface area contributed by atoms with Crippen LogP contribution in [0.15, 0.2) is 88.7 Å². The van der Waals surface area contributed by atoms with Gasteiger partial charge in [0.15, 0.2) is 0 Å². The van der Waals surface area contributed by atoms with E-state index >= 15 is 0 Å². The van der Waals surface area contributed by atoms with Gasteiger partial charge in [-0.25, -0.2) is 8.42 Å². The van der Waals surface area contributed by atoms with Gasteiger partial charge in [-0.3, -0.25) is 4.21 Å². The number of aryl methyl sites for hydroxylation is 1. The van der Waals surface area contributed by atoms with Crippen LogP contribution in [-0.2, 0) is 20.8 Å². The van der Waals surface area contributed by atoms with E-state index in [9.17, 15) is 12.6 Å².